The number of nitrogens with zero attached hydrogens (tertiary/aromatic N) is 1. The third-order valence-electron chi connectivity index (χ3n) is 8.83. The van der Waals surface area contributed by atoms with Crippen LogP contribution in [0, 0.1) is 22.0 Å². The number of nitrogens with one attached hydrogen (secondary N) is 1. The van der Waals surface area contributed by atoms with Crippen LogP contribution >= 0.6 is 0 Å². The fourth-order valence-corrected chi connectivity index (χ4v) is 6.05. The van der Waals surface area contributed by atoms with Gasteiger partial charge in [0.25, 0.3) is 5.09 Å². The van der Waals surface area contributed by atoms with Gasteiger partial charge in [-0.3, -0.25) is 4.79 Å². The molecule has 1 fully saturated rings. The van der Waals surface area contributed by atoms with E-state index in [-0.39, 0.29) is 61.0 Å². The van der Waals surface area contributed by atoms with Gasteiger partial charge in [-0.05, 0) is 99.8 Å². The number of allylic oxidation sites excluding steroid dienone is 2. The van der Waals surface area contributed by atoms with Crippen molar-refractivity contribution in [1.29, 1.82) is 0 Å². The van der Waals surface area contributed by atoms with Crippen molar-refractivity contribution in [3.05, 3.63) is 81.9 Å². The number of amides is 1. The highest BCUT2D eigenvalue weighted by Crippen LogP contribution is 2.38. The second-order valence-corrected chi connectivity index (χ2v) is 12.6. The van der Waals surface area contributed by atoms with Gasteiger partial charge in [-0.2, -0.15) is 0 Å². The standard InChI is InChI=1S/C37H50N2O12/c1-48-34-23-27(37(45)49-21-9-10-22-50-39(46)47)16-20-33(34)51-36(44)25-38-35(43)14-8-3-2-7-13-29-30(32(42)24-31(29)41)19-18-28(40)17-15-26-11-5-4-6-12-26/h2,4-7,11-12,16,20,23,28-32,40-42H,3,8-10,13-15,17-19,21-22,24-25H2,1H3,(H,38,43)/b7-2-/t28-,29+,30+,31-,32+/m0/s1. The van der Waals surface area contributed by atoms with Gasteiger partial charge in [-0.1, -0.05) is 42.5 Å². The van der Waals surface area contributed by atoms with Crippen molar-refractivity contribution < 1.29 is 53.8 Å². The van der Waals surface area contributed by atoms with Crippen LogP contribution in [0.4, 0.5) is 0 Å². The molecule has 0 bridgehead atoms. The normalized spacial score (nSPS) is 19.0. The van der Waals surface area contributed by atoms with Crippen LogP contribution in [0.3, 0.4) is 0 Å². The maximum atomic E-state index is 12.4. The smallest absolute Gasteiger partial charge is 0.338 e. The van der Waals surface area contributed by atoms with Crippen LogP contribution in [0.5, 0.6) is 11.5 Å². The number of carbonyl (C=O) groups is 3. The van der Waals surface area contributed by atoms with Crippen molar-refractivity contribution in [3.63, 3.8) is 0 Å². The van der Waals surface area contributed by atoms with Crippen molar-refractivity contribution >= 4 is 17.8 Å². The van der Waals surface area contributed by atoms with Crippen LogP contribution in [0.2, 0.25) is 0 Å². The summed E-state index contributed by atoms with van der Waals surface area (Å²) in [7, 11) is 1.34. The van der Waals surface area contributed by atoms with E-state index in [1.54, 1.807) is 0 Å². The Bertz CT molecular complexity index is 1420. The summed E-state index contributed by atoms with van der Waals surface area (Å²) < 4.78 is 15.7. The number of unbranched alkanes of at least 4 members (excludes halogenated alkanes) is 2. The number of methoxy groups -OCH3 is 1. The first kappa shape index (κ1) is 40.9. The average molecular weight is 715 g/mol. The molecule has 0 aromatic heterocycles. The van der Waals surface area contributed by atoms with E-state index >= 15 is 0 Å². The number of rotatable bonds is 23. The summed E-state index contributed by atoms with van der Waals surface area (Å²) in [6.07, 6.45) is 7.86. The quantitative estimate of drug-likeness (QED) is 0.0321. The number of hydrogen-bond acceptors (Lipinski definition) is 12. The van der Waals surface area contributed by atoms with Crippen molar-refractivity contribution in [2.24, 2.45) is 11.8 Å². The third kappa shape index (κ3) is 15.1. The van der Waals surface area contributed by atoms with Gasteiger partial charge in [0.05, 0.1) is 44.2 Å². The lowest BCUT2D eigenvalue weighted by Gasteiger charge is -2.23. The predicted octanol–water partition coefficient (Wildman–Crippen LogP) is 4.11. The summed E-state index contributed by atoms with van der Waals surface area (Å²) in [6.45, 7) is -0.429. The molecule has 1 aliphatic carbocycles. The zero-order chi connectivity index (χ0) is 37.0. The molecule has 4 N–H and O–H groups in total. The van der Waals surface area contributed by atoms with Crippen LogP contribution in [-0.4, -0.2) is 83.4 Å². The molecule has 0 spiro atoms. The zero-order valence-corrected chi connectivity index (χ0v) is 29.0. The number of aliphatic hydroxyl groups excluding tert-OH is 3. The molecule has 2 aromatic rings. The van der Waals surface area contributed by atoms with Gasteiger partial charge >= 0.3 is 11.9 Å². The lowest BCUT2D eigenvalue weighted by Crippen LogP contribution is -2.31. The summed E-state index contributed by atoms with van der Waals surface area (Å²) in [6, 6.07) is 14.1. The molecule has 1 saturated carbocycles. The SMILES string of the molecule is COc1cc(C(=O)OCCCCO[N+](=O)[O-])ccc1OC(=O)CNC(=O)CCC/C=C\C[C@@H]1[C@@H](CC[C@@H](O)CCc2ccccc2)[C@H](O)C[C@@H]1O. The molecule has 0 radical (unpaired) electrons. The largest absolute Gasteiger partial charge is 0.493 e. The Balaban J connectivity index is 1.31. The number of hydrogen-bond donors (Lipinski definition) is 4. The van der Waals surface area contributed by atoms with Crippen LogP contribution in [0.15, 0.2) is 60.7 Å². The summed E-state index contributed by atoms with van der Waals surface area (Å²) in [5.41, 5.74) is 1.33. The van der Waals surface area contributed by atoms with Gasteiger partial charge in [0, 0.05) is 6.42 Å². The molecule has 3 rings (SSSR count). The summed E-state index contributed by atoms with van der Waals surface area (Å²) in [5.74, 6) is -1.74. The fraction of sp³-hybridized carbons (Fsp3) is 0.541. The topological polar surface area (TPSA) is 204 Å². The monoisotopic (exact) mass is 714 g/mol. The van der Waals surface area contributed by atoms with Crippen LogP contribution in [-0.2, 0) is 25.6 Å². The lowest BCUT2D eigenvalue weighted by molar-refractivity contribution is -0.757. The summed E-state index contributed by atoms with van der Waals surface area (Å²) in [4.78, 5) is 51.3. The molecule has 2 aromatic carbocycles. The van der Waals surface area contributed by atoms with Crippen molar-refractivity contribution in [2.75, 3.05) is 26.9 Å². The van der Waals surface area contributed by atoms with Gasteiger partial charge in [-0.25, -0.2) is 9.59 Å². The Morgan fingerprint density at radius 3 is 2.47 bits per heavy atom. The Labute approximate surface area is 297 Å². The second kappa shape index (κ2) is 22.3. The molecule has 280 valence electrons. The molecular formula is C37H50N2O12. The van der Waals surface area contributed by atoms with Crippen LogP contribution in [0.1, 0.15) is 80.1 Å². The minimum atomic E-state index is -0.888. The zero-order valence-electron chi connectivity index (χ0n) is 29.0. The molecule has 14 heteroatoms. The molecule has 51 heavy (non-hydrogen) atoms. The highest BCUT2D eigenvalue weighted by atomic mass is 16.9. The number of carbonyl (C=O) groups excluding carboxylic acids is 3. The van der Waals surface area contributed by atoms with E-state index in [0.717, 1.165) is 6.42 Å². The van der Waals surface area contributed by atoms with Gasteiger partial charge in [-0.15, -0.1) is 10.1 Å². The van der Waals surface area contributed by atoms with Crippen molar-refractivity contribution in [1.82, 2.24) is 5.32 Å². The summed E-state index contributed by atoms with van der Waals surface area (Å²) in [5, 5.41) is 43.4. The predicted molar refractivity (Wildman–Crippen MR) is 185 cm³/mol. The molecule has 0 heterocycles. The minimum absolute atomic E-state index is 0.0356. The van der Waals surface area contributed by atoms with Gasteiger partial charge in [0.15, 0.2) is 11.5 Å². The maximum Gasteiger partial charge on any atom is 0.338 e. The first-order chi connectivity index (χ1) is 24.6. The number of esters is 2. The highest BCUT2D eigenvalue weighted by molar-refractivity contribution is 5.90. The van der Waals surface area contributed by atoms with E-state index < -0.39 is 35.3 Å². The first-order valence-electron chi connectivity index (χ1n) is 17.4. The number of benzene rings is 2. The van der Waals surface area contributed by atoms with Crippen molar-refractivity contribution in [2.45, 2.75) is 88.9 Å². The molecular weight excluding hydrogens is 664 g/mol. The van der Waals surface area contributed by atoms with Gasteiger partial charge in [0.1, 0.15) is 6.54 Å². The van der Waals surface area contributed by atoms with Gasteiger partial charge < -0.3 is 39.7 Å². The van der Waals surface area contributed by atoms with E-state index in [1.807, 2.05) is 42.5 Å². The molecule has 0 aliphatic heterocycles. The minimum Gasteiger partial charge on any atom is -0.493 e. The summed E-state index contributed by atoms with van der Waals surface area (Å²) >= 11 is 0. The fourth-order valence-electron chi connectivity index (χ4n) is 6.05. The highest BCUT2D eigenvalue weighted by Gasteiger charge is 2.40. The van der Waals surface area contributed by atoms with Crippen LogP contribution < -0.4 is 14.8 Å². The van der Waals surface area contributed by atoms with E-state index in [9.17, 15) is 39.8 Å². The number of aliphatic hydroxyl groups is 3. The van der Waals surface area contributed by atoms with E-state index in [2.05, 4.69) is 10.2 Å². The molecule has 5 atom stereocenters. The number of aryl methyl sites for hydroxylation is 1. The van der Waals surface area contributed by atoms with E-state index in [4.69, 9.17) is 14.2 Å². The Morgan fingerprint density at radius 1 is 0.980 bits per heavy atom. The average Bonchev–Trinajstić information content (AvgIpc) is 3.39. The molecule has 0 saturated heterocycles. The molecule has 1 amide bonds. The third-order valence-corrected chi connectivity index (χ3v) is 8.83. The van der Waals surface area contributed by atoms with E-state index in [0.29, 0.717) is 57.8 Å². The van der Waals surface area contributed by atoms with Crippen molar-refractivity contribution in [3.8, 4) is 11.5 Å². The molecule has 1 aliphatic rings. The Morgan fingerprint density at radius 2 is 1.73 bits per heavy atom. The van der Waals surface area contributed by atoms with Gasteiger partial charge in [0.2, 0.25) is 5.91 Å². The first-order valence-corrected chi connectivity index (χ1v) is 17.4. The van der Waals surface area contributed by atoms with Crippen LogP contribution in [0.25, 0.3) is 0 Å². The number of ether oxygens (including phenoxy) is 3. The second-order valence-electron chi connectivity index (χ2n) is 12.6. The lowest BCUT2D eigenvalue weighted by atomic mass is 9.85. The van der Waals surface area contributed by atoms with E-state index in [1.165, 1.54) is 30.9 Å². The molecule has 14 nitrogen and oxygen atoms in total. The Hall–Kier alpha value is -4.53. The Kier molecular flexibility index (Phi) is 17.9. The molecule has 0 unspecified atom stereocenters. The maximum absolute atomic E-state index is 12.4.